The maximum absolute atomic E-state index is 12.0. The molecule has 0 spiro atoms. The van der Waals surface area contributed by atoms with Gasteiger partial charge in [-0.3, -0.25) is 4.79 Å². The first-order valence-electron chi connectivity index (χ1n) is 6.02. The van der Waals surface area contributed by atoms with E-state index in [9.17, 15) is 18.0 Å². The number of alkyl halides is 4. The van der Waals surface area contributed by atoms with Crippen molar-refractivity contribution in [1.82, 2.24) is 5.32 Å². The Balaban J connectivity index is 2.53. The molecule has 3 nitrogen and oxygen atoms in total. The van der Waals surface area contributed by atoms with Crippen LogP contribution < -0.4 is 10.1 Å². The van der Waals surface area contributed by atoms with Crippen LogP contribution in [0.4, 0.5) is 13.2 Å². The summed E-state index contributed by atoms with van der Waals surface area (Å²) in [7, 11) is 0. The van der Waals surface area contributed by atoms with Crippen LogP contribution in [0.25, 0.3) is 0 Å². The van der Waals surface area contributed by atoms with Gasteiger partial charge >= 0.3 is 6.36 Å². The van der Waals surface area contributed by atoms with Gasteiger partial charge in [0.1, 0.15) is 5.75 Å². The van der Waals surface area contributed by atoms with Crippen molar-refractivity contribution in [2.24, 2.45) is 5.92 Å². The summed E-state index contributed by atoms with van der Waals surface area (Å²) in [6, 6.07) is 4.76. The van der Waals surface area contributed by atoms with E-state index in [1.165, 1.54) is 12.1 Å². The van der Waals surface area contributed by atoms with Crippen LogP contribution in [0.1, 0.15) is 23.7 Å². The highest BCUT2D eigenvalue weighted by Crippen LogP contribution is 2.22. The average molecular weight is 310 g/mol. The van der Waals surface area contributed by atoms with Gasteiger partial charge in [0.05, 0.1) is 0 Å². The Bertz CT molecular complexity index is 434. The van der Waals surface area contributed by atoms with E-state index in [0.29, 0.717) is 12.4 Å². The highest BCUT2D eigenvalue weighted by atomic mass is 35.5. The Kier molecular flexibility index (Phi) is 6.13. The number of carbonyl (C=O) groups excluding carboxylic acids is 1. The summed E-state index contributed by atoms with van der Waals surface area (Å²) >= 11 is 5.58. The largest absolute Gasteiger partial charge is 0.573 e. The number of hydrogen-bond donors (Lipinski definition) is 1. The second-order valence-corrected chi connectivity index (χ2v) is 4.74. The van der Waals surface area contributed by atoms with Gasteiger partial charge < -0.3 is 10.1 Å². The van der Waals surface area contributed by atoms with Crippen LogP contribution in [0.2, 0.25) is 0 Å². The molecule has 1 aromatic rings. The monoisotopic (exact) mass is 309 g/mol. The molecule has 112 valence electrons. The van der Waals surface area contributed by atoms with Gasteiger partial charge in [-0.25, -0.2) is 0 Å². The standard InChI is InChI=1S/C13H15ClF3NO2/c1-9(6-7-14)8-18-12(19)10-2-4-11(5-3-10)20-13(15,16)17/h2-5,9H,6-8H2,1H3,(H,18,19). The number of hydrogen-bond acceptors (Lipinski definition) is 2. The average Bonchev–Trinajstić information content (AvgIpc) is 2.35. The van der Waals surface area contributed by atoms with E-state index >= 15 is 0 Å². The zero-order chi connectivity index (χ0) is 15.2. The molecular weight excluding hydrogens is 295 g/mol. The van der Waals surface area contributed by atoms with E-state index in [-0.39, 0.29) is 23.1 Å². The van der Waals surface area contributed by atoms with E-state index < -0.39 is 6.36 Å². The quantitative estimate of drug-likeness (QED) is 0.816. The lowest BCUT2D eigenvalue weighted by molar-refractivity contribution is -0.274. The number of carbonyl (C=O) groups is 1. The second-order valence-electron chi connectivity index (χ2n) is 4.37. The van der Waals surface area contributed by atoms with Gasteiger partial charge in [0.25, 0.3) is 5.91 Å². The molecule has 0 radical (unpaired) electrons. The zero-order valence-electron chi connectivity index (χ0n) is 10.8. The smallest absolute Gasteiger partial charge is 0.406 e. The predicted molar refractivity (Wildman–Crippen MR) is 70.0 cm³/mol. The number of rotatable bonds is 6. The Morgan fingerprint density at radius 2 is 1.95 bits per heavy atom. The highest BCUT2D eigenvalue weighted by Gasteiger charge is 2.31. The lowest BCUT2D eigenvalue weighted by Crippen LogP contribution is -2.28. The summed E-state index contributed by atoms with van der Waals surface area (Å²) < 4.78 is 39.6. The molecular formula is C13H15ClF3NO2. The molecule has 1 unspecified atom stereocenters. The van der Waals surface area contributed by atoms with Crippen molar-refractivity contribution in [3.8, 4) is 5.75 Å². The minimum absolute atomic E-state index is 0.240. The SMILES string of the molecule is CC(CCCl)CNC(=O)c1ccc(OC(F)(F)F)cc1. The van der Waals surface area contributed by atoms with Crippen LogP contribution in [0.5, 0.6) is 5.75 Å². The van der Waals surface area contributed by atoms with Gasteiger partial charge in [-0.05, 0) is 36.6 Å². The van der Waals surface area contributed by atoms with Gasteiger partial charge in [-0.2, -0.15) is 0 Å². The van der Waals surface area contributed by atoms with E-state index in [4.69, 9.17) is 11.6 Å². The van der Waals surface area contributed by atoms with Crippen LogP contribution in [-0.4, -0.2) is 24.7 Å². The maximum atomic E-state index is 12.0. The zero-order valence-corrected chi connectivity index (χ0v) is 11.6. The molecule has 0 aliphatic carbocycles. The van der Waals surface area contributed by atoms with Crippen molar-refractivity contribution in [3.63, 3.8) is 0 Å². The van der Waals surface area contributed by atoms with Gasteiger partial charge in [-0.1, -0.05) is 6.92 Å². The third-order valence-corrected chi connectivity index (χ3v) is 2.78. The number of amides is 1. The normalized spacial score (nSPS) is 12.8. The Labute approximate surface area is 120 Å². The van der Waals surface area contributed by atoms with Crippen LogP contribution in [0.15, 0.2) is 24.3 Å². The molecule has 0 fully saturated rings. The molecule has 1 rings (SSSR count). The fourth-order valence-corrected chi connectivity index (χ4v) is 1.84. The third kappa shape index (κ3) is 6.14. The van der Waals surface area contributed by atoms with Crippen LogP contribution in [0.3, 0.4) is 0 Å². The summed E-state index contributed by atoms with van der Waals surface area (Å²) in [5.74, 6) is 0.0550. The van der Waals surface area contributed by atoms with Crippen LogP contribution in [0, 0.1) is 5.92 Å². The van der Waals surface area contributed by atoms with Crippen molar-refractivity contribution >= 4 is 17.5 Å². The van der Waals surface area contributed by atoms with E-state index in [1.54, 1.807) is 0 Å². The molecule has 0 bridgehead atoms. The molecule has 0 aliphatic heterocycles. The number of halogens is 4. The highest BCUT2D eigenvalue weighted by molar-refractivity contribution is 6.17. The molecule has 7 heteroatoms. The number of ether oxygens (including phenoxy) is 1. The Morgan fingerprint density at radius 1 is 1.35 bits per heavy atom. The lowest BCUT2D eigenvalue weighted by Gasteiger charge is -2.12. The summed E-state index contributed by atoms with van der Waals surface area (Å²) in [6.45, 7) is 2.41. The fraction of sp³-hybridized carbons (Fsp3) is 0.462. The molecule has 0 saturated heterocycles. The first-order chi connectivity index (χ1) is 9.31. The molecule has 0 saturated carbocycles. The second kappa shape index (κ2) is 7.38. The summed E-state index contributed by atoms with van der Waals surface area (Å²) in [5.41, 5.74) is 0.276. The minimum Gasteiger partial charge on any atom is -0.406 e. The third-order valence-electron chi connectivity index (χ3n) is 2.56. The van der Waals surface area contributed by atoms with Crippen molar-refractivity contribution in [3.05, 3.63) is 29.8 Å². The number of benzene rings is 1. The van der Waals surface area contributed by atoms with Crippen molar-refractivity contribution < 1.29 is 22.7 Å². The maximum Gasteiger partial charge on any atom is 0.573 e. The van der Waals surface area contributed by atoms with Gasteiger partial charge in [0.2, 0.25) is 0 Å². The molecule has 1 atom stereocenters. The fourth-order valence-electron chi connectivity index (χ4n) is 1.47. The van der Waals surface area contributed by atoms with E-state index in [2.05, 4.69) is 10.1 Å². The molecule has 0 heterocycles. The van der Waals surface area contributed by atoms with Gasteiger partial charge in [0, 0.05) is 18.0 Å². The van der Waals surface area contributed by atoms with Crippen molar-refractivity contribution in [2.45, 2.75) is 19.7 Å². The van der Waals surface area contributed by atoms with Gasteiger partial charge in [0.15, 0.2) is 0 Å². The molecule has 1 amide bonds. The van der Waals surface area contributed by atoms with Crippen molar-refractivity contribution in [1.29, 1.82) is 0 Å². The Morgan fingerprint density at radius 3 is 2.45 bits per heavy atom. The lowest BCUT2D eigenvalue weighted by atomic mass is 10.1. The Hall–Kier alpha value is -1.43. The predicted octanol–water partition coefficient (Wildman–Crippen LogP) is 3.58. The first kappa shape index (κ1) is 16.6. The van der Waals surface area contributed by atoms with E-state index in [1.807, 2.05) is 6.92 Å². The molecule has 20 heavy (non-hydrogen) atoms. The van der Waals surface area contributed by atoms with Crippen LogP contribution in [-0.2, 0) is 0 Å². The molecule has 0 aromatic heterocycles. The summed E-state index contributed by atoms with van der Waals surface area (Å²) in [4.78, 5) is 11.7. The topological polar surface area (TPSA) is 38.3 Å². The van der Waals surface area contributed by atoms with E-state index in [0.717, 1.165) is 18.6 Å². The first-order valence-corrected chi connectivity index (χ1v) is 6.55. The van der Waals surface area contributed by atoms with Crippen LogP contribution >= 0.6 is 11.6 Å². The molecule has 1 aromatic carbocycles. The molecule has 1 N–H and O–H groups in total. The molecule has 0 aliphatic rings. The summed E-state index contributed by atoms with van der Waals surface area (Å²) in [6.07, 6.45) is -3.96. The number of nitrogens with one attached hydrogen (secondary N) is 1. The van der Waals surface area contributed by atoms with Gasteiger partial charge in [-0.15, -0.1) is 24.8 Å². The minimum atomic E-state index is -4.74. The van der Waals surface area contributed by atoms with Crippen molar-refractivity contribution in [2.75, 3.05) is 12.4 Å². The summed E-state index contributed by atoms with van der Waals surface area (Å²) in [5, 5.41) is 2.69.